The molecule has 0 radical (unpaired) electrons. The largest absolute Gasteiger partial charge is 0.319 e. The number of hydrogen-bond donors (Lipinski definition) is 1. The van der Waals surface area contributed by atoms with E-state index in [0.717, 1.165) is 12.3 Å². The first kappa shape index (κ1) is 13.4. The molecule has 1 aromatic heterocycles. The van der Waals surface area contributed by atoms with E-state index >= 15 is 0 Å². The minimum atomic E-state index is -0.717. The van der Waals surface area contributed by atoms with Crippen LogP contribution in [0.1, 0.15) is 15.9 Å². The normalized spacial score (nSPS) is 10.3. The third kappa shape index (κ3) is 2.88. The molecule has 0 aliphatic rings. The number of pyridine rings is 1. The van der Waals surface area contributed by atoms with Crippen molar-refractivity contribution in [2.24, 2.45) is 0 Å². The van der Waals surface area contributed by atoms with Crippen LogP contribution in [-0.4, -0.2) is 10.9 Å². The Morgan fingerprint density at radius 2 is 2.11 bits per heavy atom. The van der Waals surface area contributed by atoms with Crippen LogP contribution in [-0.2, 0) is 0 Å². The number of carbonyl (C=O) groups excluding carboxylic acids is 1. The highest BCUT2D eigenvalue weighted by molar-refractivity contribution is 6.33. The van der Waals surface area contributed by atoms with Crippen molar-refractivity contribution in [2.75, 3.05) is 5.32 Å². The second-order valence-electron chi connectivity index (χ2n) is 3.88. The number of anilines is 1. The first-order chi connectivity index (χ1) is 8.99. The summed E-state index contributed by atoms with van der Waals surface area (Å²) in [5.41, 5.74) is 0.436. The van der Waals surface area contributed by atoms with Crippen LogP contribution in [0.15, 0.2) is 30.5 Å². The number of nitrogens with zero attached hydrogens (tertiary/aromatic N) is 1. The third-order valence-electron chi connectivity index (χ3n) is 2.51. The predicted molar refractivity (Wildman–Crippen MR) is 68.3 cm³/mol. The van der Waals surface area contributed by atoms with Gasteiger partial charge in [-0.3, -0.25) is 4.79 Å². The molecule has 3 nitrogen and oxygen atoms in total. The standard InChI is InChI=1S/C13H9ClF2N2O/c1-7-3-2-4-10(16)11(7)18-13(19)9-5-8(15)6-17-12(9)14/h2-6H,1H3,(H,18,19). The van der Waals surface area contributed by atoms with Crippen LogP contribution in [0.3, 0.4) is 0 Å². The van der Waals surface area contributed by atoms with E-state index in [9.17, 15) is 13.6 Å². The van der Waals surface area contributed by atoms with Crippen molar-refractivity contribution < 1.29 is 13.6 Å². The average Bonchev–Trinajstić information content (AvgIpc) is 2.37. The predicted octanol–water partition coefficient (Wildman–Crippen LogP) is 3.57. The number of aromatic nitrogens is 1. The van der Waals surface area contributed by atoms with Crippen LogP contribution in [0.25, 0.3) is 0 Å². The molecule has 2 rings (SSSR count). The van der Waals surface area contributed by atoms with Crippen LogP contribution >= 0.6 is 11.6 Å². The molecule has 0 aliphatic carbocycles. The lowest BCUT2D eigenvalue weighted by molar-refractivity contribution is 0.102. The average molecular weight is 283 g/mol. The van der Waals surface area contributed by atoms with E-state index in [2.05, 4.69) is 10.3 Å². The van der Waals surface area contributed by atoms with Crippen molar-refractivity contribution in [3.63, 3.8) is 0 Å². The lowest BCUT2D eigenvalue weighted by Crippen LogP contribution is -2.15. The highest BCUT2D eigenvalue weighted by atomic mass is 35.5. The molecule has 98 valence electrons. The third-order valence-corrected chi connectivity index (χ3v) is 2.81. The highest BCUT2D eigenvalue weighted by Crippen LogP contribution is 2.21. The Bertz CT molecular complexity index is 626. The first-order valence-electron chi connectivity index (χ1n) is 5.36. The molecule has 19 heavy (non-hydrogen) atoms. The molecule has 1 heterocycles. The molecular formula is C13H9ClF2N2O. The van der Waals surface area contributed by atoms with Crippen molar-refractivity contribution in [1.82, 2.24) is 4.98 Å². The Balaban J connectivity index is 2.34. The summed E-state index contributed by atoms with van der Waals surface area (Å²) in [6.07, 6.45) is 0.896. The zero-order valence-corrected chi connectivity index (χ0v) is 10.6. The molecule has 0 atom stereocenters. The van der Waals surface area contributed by atoms with Gasteiger partial charge in [-0.15, -0.1) is 0 Å². The monoisotopic (exact) mass is 282 g/mol. The second-order valence-corrected chi connectivity index (χ2v) is 4.24. The van der Waals surface area contributed by atoms with Crippen LogP contribution in [0.5, 0.6) is 0 Å². The number of carbonyl (C=O) groups is 1. The van der Waals surface area contributed by atoms with Gasteiger partial charge in [-0.05, 0) is 24.6 Å². The van der Waals surface area contributed by atoms with E-state index < -0.39 is 17.5 Å². The second kappa shape index (κ2) is 5.32. The van der Waals surface area contributed by atoms with Gasteiger partial charge in [0.2, 0.25) is 0 Å². The van der Waals surface area contributed by atoms with Crippen molar-refractivity contribution in [3.05, 3.63) is 58.4 Å². The molecule has 0 spiro atoms. The molecular weight excluding hydrogens is 274 g/mol. The Hall–Kier alpha value is -2.01. The zero-order valence-electron chi connectivity index (χ0n) is 9.88. The fraction of sp³-hybridized carbons (Fsp3) is 0.0769. The SMILES string of the molecule is Cc1cccc(F)c1NC(=O)c1cc(F)cnc1Cl. The zero-order chi connectivity index (χ0) is 14.0. The van der Waals surface area contributed by atoms with E-state index in [-0.39, 0.29) is 16.4 Å². The number of halogens is 3. The van der Waals surface area contributed by atoms with Gasteiger partial charge in [0, 0.05) is 0 Å². The number of para-hydroxylation sites is 1. The molecule has 1 amide bonds. The molecule has 0 fully saturated rings. The van der Waals surface area contributed by atoms with E-state index in [1.54, 1.807) is 13.0 Å². The molecule has 0 saturated carbocycles. The topological polar surface area (TPSA) is 42.0 Å². The van der Waals surface area contributed by atoms with Crippen molar-refractivity contribution in [1.29, 1.82) is 0 Å². The Morgan fingerprint density at radius 3 is 2.79 bits per heavy atom. The van der Waals surface area contributed by atoms with Gasteiger partial charge in [-0.2, -0.15) is 0 Å². The maximum atomic E-state index is 13.6. The van der Waals surface area contributed by atoms with Gasteiger partial charge in [0.15, 0.2) is 0 Å². The minimum absolute atomic E-state index is 0.0350. The highest BCUT2D eigenvalue weighted by Gasteiger charge is 2.15. The maximum absolute atomic E-state index is 13.6. The fourth-order valence-corrected chi connectivity index (χ4v) is 1.74. The molecule has 1 N–H and O–H groups in total. The summed E-state index contributed by atoms with van der Waals surface area (Å²) in [4.78, 5) is 15.4. The van der Waals surface area contributed by atoms with E-state index in [1.165, 1.54) is 12.1 Å². The van der Waals surface area contributed by atoms with Gasteiger partial charge >= 0.3 is 0 Å². The van der Waals surface area contributed by atoms with Gasteiger partial charge in [-0.25, -0.2) is 13.8 Å². The van der Waals surface area contributed by atoms with Gasteiger partial charge in [0.05, 0.1) is 17.4 Å². The number of benzene rings is 1. The Labute approximate surface area is 113 Å². The molecule has 1 aromatic carbocycles. The minimum Gasteiger partial charge on any atom is -0.319 e. The first-order valence-corrected chi connectivity index (χ1v) is 5.74. The van der Waals surface area contributed by atoms with Crippen molar-refractivity contribution >= 4 is 23.2 Å². The van der Waals surface area contributed by atoms with Crippen LogP contribution < -0.4 is 5.32 Å². The molecule has 0 unspecified atom stereocenters. The fourth-order valence-electron chi connectivity index (χ4n) is 1.55. The van der Waals surface area contributed by atoms with E-state index in [4.69, 9.17) is 11.6 Å². The van der Waals surface area contributed by atoms with Crippen molar-refractivity contribution in [3.8, 4) is 0 Å². The molecule has 0 aliphatic heterocycles. The summed E-state index contributed by atoms with van der Waals surface area (Å²) < 4.78 is 26.6. The Kier molecular flexibility index (Phi) is 3.76. The van der Waals surface area contributed by atoms with Gasteiger partial charge in [0.25, 0.3) is 5.91 Å². The number of hydrogen-bond acceptors (Lipinski definition) is 2. The summed E-state index contributed by atoms with van der Waals surface area (Å²) in [7, 11) is 0. The number of amides is 1. The van der Waals surface area contributed by atoms with Crippen LogP contribution in [0.2, 0.25) is 5.15 Å². The van der Waals surface area contributed by atoms with Crippen molar-refractivity contribution in [2.45, 2.75) is 6.92 Å². The van der Waals surface area contributed by atoms with Gasteiger partial charge in [0.1, 0.15) is 16.8 Å². The smallest absolute Gasteiger partial charge is 0.258 e. The van der Waals surface area contributed by atoms with Gasteiger partial charge in [-0.1, -0.05) is 23.7 Å². The number of nitrogens with one attached hydrogen (secondary N) is 1. The summed E-state index contributed by atoms with van der Waals surface area (Å²) >= 11 is 5.70. The Morgan fingerprint density at radius 1 is 1.37 bits per heavy atom. The lowest BCUT2D eigenvalue weighted by atomic mass is 10.2. The molecule has 2 aromatic rings. The molecule has 0 saturated heterocycles. The van der Waals surface area contributed by atoms with E-state index in [1.807, 2.05) is 0 Å². The van der Waals surface area contributed by atoms with Crippen LogP contribution in [0, 0.1) is 18.6 Å². The van der Waals surface area contributed by atoms with Crippen LogP contribution in [0.4, 0.5) is 14.5 Å². The molecule has 6 heteroatoms. The summed E-state index contributed by atoms with van der Waals surface area (Å²) in [5.74, 6) is -1.99. The maximum Gasteiger partial charge on any atom is 0.258 e. The summed E-state index contributed by atoms with van der Waals surface area (Å²) in [6, 6.07) is 5.33. The number of aryl methyl sites for hydroxylation is 1. The lowest BCUT2D eigenvalue weighted by Gasteiger charge is -2.10. The number of rotatable bonds is 2. The van der Waals surface area contributed by atoms with E-state index in [0.29, 0.717) is 5.56 Å². The quantitative estimate of drug-likeness (QED) is 0.856. The summed E-state index contributed by atoms with van der Waals surface area (Å²) in [6.45, 7) is 1.64. The van der Waals surface area contributed by atoms with Gasteiger partial charge < -0.3 is 5.32 Å². The summed E-state index contributed by atoms with van der Waals surface area (Å²) in [5, 5.41) is 2.21. The molecule has 0 bridgehead atoms.